The molecule has 1 fully saturated rings. The fourth-order valence-corrected chi connectivity index (χ4v) is 1.92. The molecule has 5 nitrogen and oxygen atoms in total. The zero-order chi connectivity index (χ0) is 13.0. The molecule has 1 aliphatic rings. The molecule has 1 aromatic rings. The monoisotopic (exact) mass is 249 g/mol. The van der Waals surface area contributed by atoms with E-state index in [0.29, 0.717) is 12.1 Å². The second-order valence-corrected chi connectivity index (χ2v) is 4.11. The van der Waals surface area contributed by atoms with E-state index in [1.54, 1.807) is 18.2 Å². The third-order valence-corrected chi connectivity index (χ3v) is 2.74. The lowest BCUT2D eigenvalue weighted by atomic mass is 10.1. The van der Waals surface area contributed by atoms with Crippen molar-refractivity contribution in [3.8, 4) is 0 Å². The maximum absolute atomic E-state index is 11.7. The van der Waals surface area contributed by atoms with Crippen LogP contribution in [0.15, 0.2) is 24.3 Å². The minimum Gasteiger partial charge on any atom is -0.396 e. The Hall–Kier alpha value is -1.72. The summed E-state index contributed by atoms with van der Waals surface area (Å²) in [5, 5.41) is 8.79. The van der Waals surface area contributed by atoms with Gasteiger partial charge in [-0.25, -0.2) is 4.90 Å². The topological polar surface area (TPSA) is 66.8 Å². The standard InChI is InChI=1S/C13H15NO4/c15-6-2-4-10-3-1-5-11(7-10)14-12(16)8-18-9-13(14)17/h1,3,5,7,15H,2,4,6,8-9H2. The zero-order valence-electron chi connectivity index (χ0n) is 9.96. The predicted molar refractivity (Wildman–Crippen MR) is 65.2 cm³/mol. The second-order valence-electron chi connectivity index (χ2n) is 4.11. The highest BCUT2D eigenvalue weighted by Gasteiger charge is 2.28. The van der Waals surface area contributed by atoms with E-state index in [1.807, 2.05) is 6.07 Å². The maximum atomic E-state index is 11.7. The Balaban J connectivity index is 2.21. The highest BCUT2D eigenvalue weighted by Crippen LogP contribution is 2.19. The van der Waals surface area contributed by atoms with Crippen LogP contribution in [0.4, 0.5) is 5.69 Å². The molecule has 0 aliphatic carbocycles. The number of aryl methyl sites for hydroxylation is 1. The van der Waals surface area contributed by atoms with Crippen LogP contribution in [0.5, 0.6) is 0 Å². The van der Waals surface area contributed by atoms with Crippen LogP contribution in [0, 0.1) is 0 Å². The molecule has 0 aromatic heterocycles. The van der Waals surface area contributed by atoms with E-state index >= 15 is 0 Å². The Bertz CT molecular complexity index is 442. The molecule has 0 radical (unpaired) electrons. The highest BCUT2D eigenvalue weighted by atomic mass is 16.5. The third kappa shape index (κ3) is 2.75. The van der Waals surface area contributed by atoms with Crippen LogP contribution in [0.25, 0.3) is 0 Å². The normalized spacial score (nSPS) is 16.2. The summed E-state index contributed by atoms with van der Waals surface area (Å²) in [7, 11) is 0. The van der Waals surface area contributed by atoms with Crippen LogP contribution >= 0.6 is 0 Å². The average molecular weight is 249 g/mol. The Morgan fingerprint density at radius 1 is 1.22 bits per heavy atom. The first-order chi connectivity index (χ1) is 8.72. The van der Waals surface area contributed by atoms with E-state index in [0.717, 1.165) is 16.9 Å². The molecule has 1 N–H and O–H groups in total. The minimum absolute atomic E-state index is 0.0629. The summed E-state index contributed by atoms with van der Waals surface area (Å²) in [6.45, 7) is -0.00113. The molecule has 18 heavy (non-hydrogen) atoms. The smallest absolute Gasteiger partial charge is 0.259 e. The molecule has 1 aliphatic heterocycles. The van der Waals surface area contributed by atoms with Crippen molar-refractivity contribution in [3.63, 3.8) is 0 Å². The Morgan fingerprint density at radius 2 is 1.94 bits per heavy atom. The van der Waals surface area contributed by atoms with Gasteiger partial charge in [0.15, 0.2) is 0 Å². The van der Waals surface area contributed by atoms with Crippen LogP contribution in [-0.4, -0.2) is 36.7 Å². The number of ether oxygens (including phenoxy) is 1. The summed E-state index contributed by atoms with van der Waals surface area (Å²) in [6, 6.07) is 7.24. The number of carbonyl (C=O) groups excluding carboxylic acids is 2. The van der Waals surface area contributed by atoms with Gasteiger partial charge in [-0.2, -0.15) is 0 Å². The number of imide groups is 1. The number of hydrogen-bond donors (Lipinski definition) is 1. The molecule has 0 atom stereocenters. The molecule has 0 spiro atoms. The highest BCUT2D eigenvalue weighted by molar-refractivity contribution is 6.17. The van der Waals surface area contributed by atoms with Gasteiger partial charge in [0.25, 0.3) is 11.8 Å². The number of hydrogen-bond acceptors (Lipinski definition) is 4. The Kier molecular flexibility index (Phi) is 4.07. The van der Waals surface area contributed by atoms with Gasteiger partial charge in [-0.1, -0.05) is 12.1 Å². The molecule has 2 amide bonds. The van der Waals surface area contributed by atoms with Gasteiger partial charge in [-0.3, -0.25) is 9.59 Å². The van der Waals surface area contributed by atoms with Crippen LogP contribution in [0.2, 0.25) is 0 Å². The van der Waals surface area contributed by atoms with Crippen LogP contribution in [-0.2, 0) is 20.7 Å². The molecule has 1 saturated heterocycles. The molecular weight excluding hydrogens is 234 g/mol. The van der Waals surface area contributed by atoms with Gasteiger partial charge in [0.05, 0.1) is 5.69 Å². The zero-order valence-corrected chi connectivity index (χ0v) is 9.96. The number of amides is 2. The van der Waals surface area contributed by atoms with Crippen molar-refractivity contribution in [2.45, 2.75) is 12.8 Å². The first-order valence-corrected chi connectivity index (χ1v) is 5.85. The van der Waals surface area contributed by atoms with Crippen molar-refractivity contribution in [1.82, 2.24) is 0 Å². The van der Waals surface area contributed by atoms with Crippen LogP contribution in [0.3, 0.4) is 0 Å². The summed E-state index contributed by atoms with van der Waals surface area (Å²) in [5.41, 5.74) is 1.57. The lowest BCUT2D eigenvalue weighted by molar-refractivity contribution is -0.138. The number of anilines is 1. The Morgan fingerprint density at radius 3 is 2.61 bits per heavy atom. The number of carbonyl (C=O) groups is 2. The SMILES string of the molecule is O=C1COCC(=O)N1c1cccc(CCCO)c1. The molecule has 1 heterocycles. The van der Waals surface area contributed by atoms with E-state index in [4.69, 9.17) is 9.84 Å². The summed E-state index contributed by atoms with van der Waals surface area (Å²) in [5.74, 6) is -0.684. The Labute approximate surface area is 105 Å². The van der Waals surface area contributed by atoms with Crippen molar-refractivity contribution >= 4 is 17.5 Å². The van der Waals surface area contributed by atoms with Crippen molar-refractivity contribution in [1.29, 1.82) is 0 Å². The molecule has 5 heteroatoms. The fourth-order valence-electron chi connectivity index (χ4n) is 1.92. The second kappa shape index (κ2) is 5.75. The van der Waals surface area contributed by atoms with E-state index in [2.05, 4.69) is 0 Å². The van der Waals surface area contributed by atoms with E-state index in [1.165, 1.54) is 0 Å². The molecule has 0 saturated carbocycles. The summed E-state index contributed by atoms with van der Waals surface area (Å²) >= 11 is 0. The van der Waals surface area contributed by atoms with E-state index in [9.17, 15) is 9.59 Å². The number of morpholine rings is 1. The first kappa shape index (κ1) is 12.7. The van der Waals surface area contributed by atoms with Gasteiger partial charge < -0.3 is 9.84 Å². The van der Waals surface area contributed by atoms with Crippen molar-refractivity contribution < 1.29 is 19.4 Å². The summed E-state index contributed by atoms with van der Waals surface area (Å²) in [4.78, 5) is 24.5. The fraction of sp³-hybridized carbons (Fsp3) is 0.385. The first-order valence-electron chi connectivity index (χ1n) is 5.85. The maximum Gasteiger partial charge on any atom is 0.259 e. The third-order valence-electron chi connectivity index (χ3n) is 2.74. The number of rotatable bonds is 4. The molecule has 1 aromatic carbocycles. The summed E-state index contributed by atoms with van der Waals surface area (Å²) < 4.78 is 4.87. The lowest BCUT2D eigenvalue weighted by Crippen LogP contribution is -2.46. The number of nitrogens with zero attached hydrogens (tertiary/aromatic N) is 1. The van der Waals surface area contributed by atoms with Gasteiger partial charge in [-0.15, -0.1) is 0 Å². The number of benzene rings is 1. The van der Waals surface area contributed by atoms with Gasteiger partial charge in [0.1, 0.15) is 13.2 Å². The van der Waals surface area contributed by atoms with Crippen molar-refractivity contribution in [2.75, 3.05) is 24.7 Å². The minimum atomic E-state index is -0.342. The van der Waals surface area contributed by atoms with Gasteiger partial charge in [0, 0.05) is 6.61 Å². The van der Waals surface area contributed by atoms with Crippen LogP contribution < -0.4 is 4.90 Å². The van der Waals surface area contributed by atoms with Crippen LogP contribution in [0.1, 0.15) is 12.0 Å². The largest absolute Gasteiger partial charge is 0.396 e. The van der Waals surface area contributed by atoms with Gasteiger partial charge in [-0.05, 0) is 30.5 Å². The quantitative estimate of drug-likeness (QED) is 0.789. The van der Waals surface area contributed by atoms with Crippen molar-refractivity contribution in [3.05, 3.63) is 29.8 Å². The van der Waals surface area contributed by atoms with E-state index in [-0.39, 0.29) is 31.6 Å². The van der Waals surface area contributed by atoms with Gasteiger partial charge >= 0.3 is 0 Å². The van der Waals surface area contributed by atoms with E-state index < -0.39 is 0 Å². The lowest BCUT2D eigenvalue weighted by Gasteiger charge is -2.25. The molecular formula is C13H15NO4. The molecule has 0 bridgehead atoms. The van der Waals surface area contributed by atoms with Gasteiger partial charge in [0.2, 0.25) is 0 Å². The average Bonchev–Trinajstić information content (AvgIpc) is 2.37. The molecule has 0 unspecified atom stereocenters. The predicted octanol–water partition coefficient (Wildman–Crippen LogP) is 0.501. The number of aliphatic hydroxyl groups is 1. The van der Waals surface area contributed by atoms with Crippen molar-refractivity contribution in [2.24, 2.45) is 0 Å². The molecule has 2 rings (SSSR count). The molecule has 96 valence electrons. The summed E-state index contributed by atoms with van der Waals surface area (Å²) in [6.07, 6.45) is 1.38. The number of aliphatic hydroxyl groups excluding tert-OH is 1.